The maximum atomic E-state index is 12.4. The van der Waals surface area contributed by atoms with Crippen LogP contribution in [0.2, 0.25) is 0 Å². The first kappa shape index (κ1) is 14.2. The van der Waals surface area contributed by atoms with E-state index in [1.54, 1.807) is 45.0 Å². The van der Waals surface area contributed by atoms with Gasteiger partial charge in [-0.05, 0) is 32.4 Å². The van der Waals surface area contributed by atoms with Crippen molar-refractivity contribution in [3.8, 4) is 0 Å². The van der Waals surface area contributed by atoms with Gasteiger partial charge < -0.3 is 5.11 Å². The fourth-order valence-corrected chi connectivity index (χ4v) is 2.67. The first-order valence-electron chi connectivity index (χ1n) is 6.46. The average molecular weight is 275 g/mol. The lowest BCUT2D eigenvalue weighted by atomic mass is 9.90. The molecule has 1 aliphatic heterocycles. The van der Waals surface area contributed by atoms with Crippen molar-refractivity contribution in [2.75, 3.05) is 0 Å². The number of carbonyl (C=O) groups is 3. The second kappa shape index (κ2) is 4.74. The molecular weight excluding hydrogens is 258 g/mol. The molecule has 1 N–H and O–H groups in total. The lowest BCUT2D eigenvalue weighted by Crippen LogP contribution is -2.49. The number of hydrogen-bond acceptors (Lipinski definition) is 3. The van der Waals surface area contributed by atoms with Gasteiger partial charge in [-0.15, -0.1) is 0 Å². The normalized spacial score (nSPS) is 16.2. The Bertz CT molecular complexity index is 556. The highest BCUT2D eigenvalue weighted by Crippen LogP contribution is 2.32. The second-order valence-corrected chi connectivity index (χ2v) is 5.75. The van der Waals surface area contributed by atoms with Crippen LogP contribution in [-0.2, 0) is 4.79 Å². The van der Waals surface area contributed by atoms with Crippen LogP contribution in [0.15, 0.2) is 24.3 Å². The lowest BCUT2D eigenvalue weighted by molar-refractivity contribution is -0.142. The molecule has 5 heteroatoms. The van der Waals surface area contributed by atoms with Gasteiger partial charge in [0, 0.05) is 5.54 Å². The summed E-state index contributed by atoms with van der Waals surface area (Å²) >= 11 is 0. The van der Waals surface area contributed by atoms with Crippen LogP contribution in [0.25, 0.3) is 0 Å². The Morgan fingerprint density at radius 3 is 2.05 bits per heavy atom. The Kier molecular flexibility index (Phi) is 3.38. The van der Waals surface area contributed by atoms with Crippen molar-refractivity contribution in [3.63, 3.8) is 0 Å². The minimum absolute atomic E-state index is 0.216. The molecule has 1 aliphatic rings. The van der Waals surface area contributed by atoms with E-state index in [1.165, 1.54) is 4.90 Å². The van der Waals surface area contributed by atoms with Crippen molar-refractivity contribution in [1.29, 1.82) is 0 Å². The second-order valence-electron chi connectivity index (χ2n) is 5.75. The third-order valence-corrected chi connectivity index (χ3v) is 3.63. The number of nitrogens with zero attached hydrogens (tertiary/aromatic N) is 1. The summed E-state index contributed by atoms with van der Waals surface area (Å²) in [4.78, 5) is 36.9. The summed E-state index contributed by atoms with van der Waals surface area (Å²) in [6, 6.07) is 6.65. The summed E-state index contributed by atoms with van der Waals surface area (Å²) < 4.78 is 0. The number of carboxylic acids is 1. The van der Waals surface area contributed by atoms with Crippen molar-refractivity contribution < 1.29 is 19.5 Å². The van der Waals surface area contributed by atoms with Crippen molar-refractivity contribution in [3.05, 3.63) is 35.4 Å². The summed E-state index contributed by atoms with van der Waals surface area (Å²) in [5.41, 5.74) is -0.0764. The fraction of sp³-hybridized carbons (Fsp3) is 0.400. The number of hydrogen-bond donors (Lipinski definition) is 1. The molecule has 1 atom stereocenters. The summed E-state index contributed by atoms with van der Waals surface area (Å²) in [5, 5.41) is 9.01. The zero-order valence-electron chi connectivity index (χ0n) is 11.7. The molecule has 2 amide bonds. The van der Waals surface area contributed by atoms with Crippen molar-refractivity contribution in [2.45, 2.75) is 32.7 Å². The molecule has 0 spiro atoms. The highest BCUT2D eigenvalue weighted by molar-refractivity contribution is 6.21. The number of carboxylic acid groups (broad SMARTS) is 1. The molecule has 1 heterocycles. The van der Waals surface area contributed by atoms with Crippen molar-refractivity contribution >= 4 is 17.8 Å². The van der Waals surface area contributed by atoms with Gasteiger partial charge in [0.25, 0.3) is 11.8 Å². The average Bonchev–Trinajstić information content (AvgIpc) is 2.62. The summed E-state index contributed by atoms with van der Waals surface area (Å²) in [6.07, 6.45) is 0.216. The predicted molar refractivity (Wildman–Crippen MR) is 72.4 cm³/mol. The minimum Gasteiger partial charge on any atom is -0.481 e. The predicted octanol–water partition coefficient (Wildman–Crippen LogP) is 2.17. The molecule has 1 aromatic carbocycles. The smallest absolute Gasteiger partial charge is 0.306 e. The van der Waals surface area contributed by atoms with E-state index in [0.717, 1.165) is 0 Å². The molecule has 106 valence electrons. The van der Waals surface area contributed by atoms with Crippen LogP contribution < -0.4 is 0 Å². The molecule has 0 fully saturated rings. The van der Waals surface area contributed by atoms with Gasteiger partial charge in [0.2, 0.25) is 0 Å². The first-order chi connectivity index (χ1) is 9.25. The molecule has 5 nitrogen and oxygen atoms in total. The van der Waals surface area contributed by atoms with Gasteiger partial charge in [-0.2, -0.15) is 0 Å². The Labute approximate surface area is 117 Å². The van der Waals surface area contributed by atoms with Gasteiger partial charge >= 0.3 is 5.97 Å². The number of fused-ring (bicyclic) bond motifs is 1. The third kappa shape index (κ3) is 2.19. The van der Waals surface area contributed by atoms with Crippen molar-refractivity contribution in [2.24, 2.45) is 5.92 Å². The van der Waals surface area contributed by atoms with Crippen LogP contribution in [0.3, 0.4) is 0 Å². The van der Waals surface area contributed by atoms with Crippen LogP contribution in [-0.4, -0.2) is 33.3 Å². The molecule has 0 aliphatic carbocycles. The topological polar surface area (TPSA) is 74.7 Å². The Balaban J connectivity index is 2.33. The molecule has 0 saturated heterocycles. The molecule has 0 radical (unpaired) electrons. The molecule has 0 aromatic heterocycles. The zero-order chi connectivity index (χ0) is 15.1. The van der Waals surface area contributed by atoms with Gasteiger partial charge in [-0.25, -0.2) is 0 Å². The van der Waals surface area contributed by atoms with Gasteiger partial charge in [0.15, 0.2) is 0 Å². The Morgan fingerprint density at radius 2 is 1.65 bits per heavy atom. The molecule has 20 heavy (non-hydrogen) atoms. The Hall–Kier alpha value is -2.17. The van der Waals surface area contributed by atoms with Gasteiger partial charge in [0.1, 0.15) is 0 Å². The summed E-state index contributed by atoms with van der Waals surface area (Å²) in [7, 11) is 0. The van der Waals surface area contributed by atoms with Crippen LogP contribution >= 0.6 is 0 Å². The standard InChI is InChI=1S/C15H17NO4/c1-9(14(19)20)8-15(2,3)16-12(17)10-6-4-5-7-11(10)13(16)18/h4-7,9H,8H2,1-3H3,(H,19,20). The molecule has 1 aromatic rings. The Morgan fingerprint density at radius 1 is 1.20 bits per heavy atom. The van der Waals surface area contributed by atoms with Gasteiger partial charge in [0.05, 0.1) is 17.0 Å². The quantitative estimate of drug-likeness (QED) is 0.854. The highest BCUT2D eigenvalue weighted by atomic mass is 16.4. The lowest BCUT2D eigenvalue weighted by Gasteiger charge is -2.35. The number of aliphatic carboxylic acids is 1. The molecule has 1 unspecified atom stereocenters. The SMILES string of the molecule is CC(CC(C)(C)N1C(=O)c2ccccc2C1=O)C(=O)O. The zero-order valence-corrected chi connectivity index (χ0v) is 11.7. The van der Waals surface area contributed by atoms with E-state index in [1.807, 2.05) is 0 Å². The van der Waals surface area contributed by atoms with E-state index in [4.69, 9.17) is 5.11 Å². The van der Waals surface area contributed by atoms with Crippen LogP contribution in [0.1, 0.15) is 47.9 Å². The molecular formula is C15H17NO4. The maximum Gasteiger partial charge on any atom is 0.306 e. The number of rotatable bonds is 4. The highest BCUT2D eigenvalue weighted by Gasteiger charge is 2.44. The molecule has 0 saturated carbocycles. The third-order valence-electron chi connectivity index (χ3n) is 3.63. The van der Waals surface area contributed by atoms with Gasteiger partial charge in [-0.1, -0.05) is 19.1 Å². The van der Waals surface area contributed by atoms with E-state index < -0.39 is 17.4 Å². The fourth-order valence-electron chi connectivity index (χ4n) is 2.67. The van der Waals surface area contributed by atoms with Crippen LogP contribution in [0, 0.1) is 5.92 Å². The van der Waals surface area contributed by atoms with E-state index in [-0.39, 0.29) is 18.2 Å². The number of imide groups is 1. The van der Waals surface area contributed by atoms with E-state index in [0.29, 0.717) is 11.1 Å². The van der Waals surface area contributed by atoms with Gasteiger partial charge in [-0.3, -0.25) is 19.3 Å². The minimum atomic E-state index is -0.935. The van der Waals surface area contributed by atoms with Crippen molar-refractivity contribution in [1.82, 2.24) is 4.90 Å². The monoisotopic (exact) mass is 275 g/mol. The number of amides is 2. The first-order valence-corrected chi connectivity index (χ1v) is 6.46. The van der Waals surface area contributed by atoms with E-state index in [2.05, 4.69) is 0 Å². The maximum absolute atomic E-state index is 12.4. The number of benzene rings is 1. The summed E-state index contributed by atoms with van der Waals surface area (Å²) in [6.45, 7) is 5.00. The summed E-state index contributed by atoms with van der Waals surface area (Å²) in [5.74, 6) is -2.27. The molecule has 2 rings (SSSR count). The van der Waals surface area contributed by atoms with E-state index in [9.17, 15) is 14.4 Å². The largest absolute Gasteiger partial charge is 0.481 e. The number of carbonyl (C=O) groups excluding carboxylic acids is 2. The van der Waals surface area contributed by atoms with Crippen LogP contribution in [0.5, 0.6) is 0 Å². The van der Waals surface area contributed by atoms with Crippen LogP contribution in [0.4, 0.5) is 0 Å². The molecule has 0 bridgehead atoms. The van der Waals surface area contributed by atoms with E-state index >= 15 is 0 Å².